The number of hydrogen-bond acceptors (Lipinski definition) is 3. The molecule has 3 unspecified atom stereocenters. The van der Waals surface area contributed by atoms with Crippen LogP contribution in [0.15, 0.2) is 0 Å². The second-order valence-electron chi connectivity index (χ2n) is 6.15. The van der Waals surface area contributed by atoms with E-state index < -0.39 is 0 Å². The van der Waals surface area contributed by atoms with Gasteiger partial charge in [0, 0.05) is 18.6 Å². The van der Waals surface area contributed by atoms with E-state index in [1.54, 1.807) is 0 Å². The van der Waals surface area contributed by atoms with E-state index in [4.69, 9.17) is 5.73 Å². The van der Waals surface area contributed by atoms with E-state index in [-0.39, 0.29) is 17.9 Å². The summed E-state index contributed by atoms with van der Waals surface area (Å²) in [5.74, 6) is 0.247. The minimum Gasteiger partial charge on any atom is -0.352 e. The van der Waals surface area contributed by atoms with Gasteiger partial charge in [-0.15, -0.1) is 0 Å². The highest BCUT2D eigenvalue weighted by Crippen LogP contribution is 2.23. The summed E-state index contributed by atoms with van der Waals surface area (Å²) in [7, 11) is 0. The quantitative estimate of drug-likeness (QED) is 0.762. The predicted molar refractivity (Wildman–Crippen MR) is 77.8 cm³/mol. The number of nitrogens with zero attached hydrogens (tertiary/aromatic N) is 1. The minimum absolute atomic E-state index is 0.0412. The van der Waals surface area contributed by atoms with Crippen molar-refractivity contribution in [1.29, 1.82) is 0 Å². The van der Waals surface area contributed by atoms with Crippen molar-refractivity contribution in [2.45, 2.75) is 64.0 Å². The van der Waals surface area contributed by atoms with Crippen molar-refractivity contribution in [3.63, 3.8) is 0 Å². The van der Waals surface area contributed by atoms with Crippen LogP contribution in [0, 0.1) is 5.92 Å². The molecule has 0 aromatic rings. The summed E-state index contributed by atoms with van der Waals surface area (Å²) in [6.45, 7) is 5.44. The number of amides is 1. The zero-order valence-corrected chi connectivity index (χ0v) is 12.2. The lowest BCUT2D eigenvalue weighted by Gasteiger charge is -2.33. The molecule has 0 aromatic heterocycles. The first kappa shape index (κ1) is 14.8. The summed E-state index contributed by atoms with van der Waals surface area (Å²) in [6, 6.07) is 0.394. The molecule has 110 valence electrons. The number of hydrogen-bond donors (Lipinski definition) is 2. The van der Waals surface area contributed by atoms with Crippen LogP contribution in [0.2, 0.25) is 0 Å². The summed E-state index contributed by atoms with van der Waals surface area (Å²) < 4.78 is 0. The van der Waals surface area contributed by atoms with Gasteiger partial charge < -0.3 is 16.0 Å². The van der Waals surface area contributed by atoms with Gasteiger partial charge in [0.2, 0.25) is 5.91 Å². The summed E-state index contributed by atoms with van der Waals surface area (Å²) in [5, 5.41) is 3.25. The normalized spacial score (nSPS) is 33.7. The van der Waals surface area contributed by atoms with Gasteiger partial charge in [0.15, 0.2) is 0 Å². The Bertz CT molecular complexity index is 295. The van der Waals surface area contributed by atoms with Crippen LogP contribution < -0.4 is 11.1 Å². The molecule has 1 heterocycles. The average molecular weight is 267 g/mol. The second-order valence-corrected chi connectivity index (χ2v) is 6.15. The van der Waals surface area contributed by atoms with Crippen molar-refractivity contribution in [2.24, 2.45) is 11.7 Å². The van der Waals surface area contributed by atoms with Crippen LogP contribution >= 0.6 is 0 Å². The molecule has 1 aliphatic heterocycles. The monoisotopic (exact) mass is 267 g/mol. The van der Waals surface area contributed by atoms with Gasteiger partial charge in [-0.05, 0) is 38.8 Å². The third kappa shape index (κ3) is 4.18. The van der Waals surface area contributed by atoms with E-state index in [1.807, 2.05) is 0 Å². The Balaban J connectivity index is 1.85. The highest BCUT2D eigenvalue weighted by molar-refractivity contribution is 5.79. The van der Waals surface area contributed by atoms with E-state index in [2.05, 4.69) is 17.1 Å². The van der Waals surface area contributed by atoms with Gasteiger partial charge in [-0.1, -0.05) is 26.2 Å². The fourth-order valence-corrected chi connectivity index (χ4v) is 3.43. The maximum absolute atomic E-state index is 12.4. The molecule has 0 bridgehead atoms. The highest BCUT2D eigenvalue weighted by Gasteiger charge is 2.29. The first-order valence-corrected chi connectivity index (χ1v) is 7.99. The molecular formula is C15H29N3O. The van der Waals surface area contributed by atoms with Crippen molar-refractivity contribution in [1.82, 2.24) is 10.2 Å². The zero-order chi connectivity index (χ0) is 13.7. The Morgan fingerprint density at radius 2 is 2.00 bits per heavy atom. The zero-order valence-electron chi connectivity index (χ0n) is 12.2. The molecule has 2 fully saturated rings. The summed E-state index contributed by atoms with van der Waals surface area (Å²) >= 11 is 0. The van der Waals surface area contributed by atoms with Gasteiger partial charge in [-0.25, -0.2) is 0 Å². The molecule has 19 heavy (non-hydrogen) atoms. The number of piperidine rings is 1. The van der Waals surface area contributed by atoms with Gasteiger partial charge in [-0.2, -0.15) is 0 Å². The average Bonchev–Trinajstić information content (AvgIpc) is 2.63. The number of likely N-dealkylation sites (N-methyl/N-ethyl adjacent to an activating group) is 1. The van der Waals surface area contributed by atoms with E-state index in [9.17, 15) is 4.79 Å². The van der Waals surface area contributed by atoms with Gasteiger partial charge in [0.1, 0.15) is 0 Å². The first-order valence-electron chi connectivity index (χ1n) is 7.99. The Labute approximate surface area is 117 Å². The number of carbonyl (C=O) groups is 1. The molecule has 2 aliphatic rings. The Morgan fingerprint density at radius 1 is 1.21 bits per heavy atom. The van der Waals surface area contributed by atoms with Gasteiger partial charge >= 0.3 is 0 Å². The molecule has 3 N–H and O–H groups in total. The summed E-state index contributed by atoms with van der Waals surface area (Å²) in [5.41, 5.74) is 6.17. The fraction of sp³-hybridized carbons (Fsp3) is 0.933. The first-order chi connectivity index (χ1) is 9.20. The third-order valence-corrected chi connectivity index (χ3v) is 4.71. The standard InChI is InChI=1S/C15H29N3O/c1-2-18-10-6-7-12(11-18)17-15(19)13-8-4-3-5-9-14(13)16/h12-14H,2-11,16H2,1H3,(H,17,19). The van der Waals surface area contributed by atoms with Crippen LogP contribution in [0.25, 0.3) is 0 Å². The van der Waals surface area contributed by atoms with Crippen LogP contribution in [-0.2, 0) is 4.79 Å². The SMILES string of the molecule is CCN1CCCC(NC(=O)C2CCCCCC2N)C1. The molecule has 1 saturated carbocycles. The van der Waals surface area contributed by atoms with E-state index in [1.165, 1.54) is 25.8 Å². The largest absolute Gasteiger partial charge is 0.352 e. The lowest BCUT2D eigenvalue weighted by atomic mass is 9.93. The van der Waals surface area contributed by atoms with E-state index >= 15 is 0 Å². The van der Waals surface area contributed by atoms with Gasteiger partial charge in [0.25, 0.3) is 0 Å². The molecule has 1 aliphatic carbocycles. The molecule has 0 aromatic carbocycles. The lowest BCUT2D eigenvalue weighted by molar-refractivity contribution is -0.126. The third-order valence-electron chi connectivity index (χ3n) is 4.71. The van der Waals surface area contributed by atoms with Crippen LogP contribution in [0.4, 0.5) is 0 Å². The highest BCUT2D eigenvalue weighted by atomic mass is 16.2. The van der Waals surface area contributed by atoms with Gasteiger partial charge in [0.05, 0.1) is 5.92 Å². The molecule has 4 nitrogen and oxygen atoms in total. The molecule has 3 atom stereocenters. The van der Waals surface area contributed by atoms with Crippen molar-refractivity contribution in [2.75, 3.05) is 19.6 Å². The maximum atomic E-state index is 12.4. The number of nitrogens with two attached hydrogens (primary N) is 1. The molecule has 4 heteroatoms. The molecule has 0 radical (unpaired) electrons. The Hall–Kier alpha value is -0.610. The van der Waals surface area contributed by atoms with Crippen molar-refractivity contribution in [3.8, 4) is 0 Å². The van der Waals surface area contributed by atoms with Crippen molar-refractivity contribution >= 4 is 5.91 Å². The molecule has 0 spiro atoms. The fourth-order valence-electron chi connectivity index (χ4n) is 3.43. The lowest BCUT2D eigenvalue weighted by Crippen LogP contribution is -2.51. The number of likely N-dealkylation sites (tertiary alicyclic amines) is 1. The van der Waals surface area contributed by atoms with Crippen molar-refractivity contribution < 1.29 is 4.79 Å². The molecule has 1 saturated heterocycles. The Morgan fingerprint density at radius 3 is 2.79 bits per heavy atom. The number of carbonyl (C=O) groups excluding carboxylic acids is 1. The van der Waals surface area contributed by atoms with Gasteiger partial charge in [-0.3, -0.25) is 4.79 Å². The van der Waals surface area contributed by atoms with Crippen LogP contribution in [0.3, 0.4) is 0 Å². The van der Waals surface area contributed by atoms with E-state index in [0.717, 1.165) is 38.8 Å². The minimum atomic E-state index is 0.0412. The van der Waals surface area contributed by atoms with Crippen LogP contribution in [0.5, 0.6) is 0 Å². The topological polar surface area (TPSA) is 58.4 Å². The summed E-state index contributed by atoms with van der Waals surface area (Å²) in [6.07, 6.45) is 7.83. The molecule has 2 rings (SSSR count). The summed E-state index contributed by atoms with van der Waals surface area (Å²) in [4.78, 5) is 14.8. The maximum Gasteiger partial charge on any atom is 0.224 e. The molecule has 1 amide bonds. The van der Waals surface area contributed by atoms with Crippen molar-refractivity contribution in [3.05, 3.63) is 0 Å². The van der Waals surface area contributed by atoms with Crippen LogP contribution in [0.1, 0.15) is 51.9 Å². The number of rotatable bonds is 3. The predicted octanol–water partition coefficient (Wildman–Crippen LogP) is 1.49. The second kappa shape index (κ2) is 7.25. The number of nitrogens with one attached hydrogen (secondary N) is 1. The smallest absolute Gasteiger partial charge is 0.224 e. The Kier molecular flexibility index (Phi) is 5.64. The van der Waals surface area contributed by atoms with E-state index in [0.29, 0.717) is 6.04 Å². The molecular weight excluding hydrogens is 238 g/mol. The van der Waals surface area contributed by atoms with Crippen LogP contribution in [-0.4, -0.2) is 42.5 Å².